The van der Waals surface area contributed by atoms with Gasteiger partial charge >= 0.3 is 0 Å². The van der Waals surface area contributed by atoms with Gasteiger partial charge in [0.15, 0.2) is 11.3 Å². The van der Waals surface area contributed by atoms with Gasteiger partial charge in [0.05, 0.1) is 0 Å². The molecule has 1 amide bonds. The van der Waals surface area contributed by atoms with Gasteiger partial charge in [0, 0.05) is 42.4 Å². The van der Waals surface area contributed by atoms with Crippen LogP contribution in [0.1, 0.15) is 28.9 Å². The first-order chi connectivity index (χ1) is 15.1. The maximum Gasteiger partial charge on any atom is 0.269 e. The van der Waals surface area contributed by atoms with E-state index < -0.39 is 5.91 Å². The second-order valence-electron chi connectivity index (χ2n) is 7.46. The molecule has 3 N–H and O–H groups in total. The molecule has 1 fully saturated rings. The summed E-state index contributed by atoms with van der Waals surface area (Å²) in [7, 11) is 0. The normalized spacial score (nSPS) is 13.5. The molecule has 2 aromatic carbocycles. The number of primary amides is 1. The summed E-state index contributed by atoms with van der Waals surface area (Å²) in [6, 6.07) is 20.1. The molecule has 1 aliphatic heterocycles. The predicted octanol–water partition coefficient (Wildman–Crippen LogP) is 3.60. The number of fused-ring (bicyclic) bond motifs is 1. The molecule has 0 unspecified atom stereocenters. The lowest BCUT2D eigenvalue weighted by Crippen LogP contribution is -2.41. The third kappa shape index (κ3) is 3.38. The summed E-state index contributed by atoms with van der Waals surface area (Å²) in [5, 5.41) is 3.14. The molecule has 2 aromatic heterocycles. The van der Waals surface area contributed by atoms with E-state index in [0.29, 0.717) is 23.1 Å². The van der Waals surface area contributed by atoms with Crippen LogP contribution < -0.4 is 10.5 Å². The molecule has 0 aliphatic carbocycles. The highest BCUT2D eigenvalue weighted by atomic mass is 16.5. The van der Waals surface area contributed by atoms with Gasteiger partial charge in [-0.25, -0.2) is 9.50 Å². The lowest BCUT2D eigenvalue weighted by atomic mass is 9.94. The molecule has 7 heteroatoms. The number of imidazole rings is 1. The van der Waals surface area contributed by atoms with Crippen LogP contribution in [0.2, 0.25) is 0 Å². The summed E-state index contributed by atoms with van der Waals surface area (Å²) in [5.74, 6) is 4.16. The molecular weight excluding hydrogens is 390 g/mol. The zero-order chi connectivity index (χ0) is 21.4. The van der Waals surface area contributed by atoms with E-state index in [2.05, 4.69) is 22.0 Å². The zero-order valence-corrected chi connectivity index (χ0v) is 17.0. The van der Waals surface area contributed by atoms with Crippen molar-refractivity contribution >= 4 is 11.6 Å². The lowest BCUT2D eigenvalue weighted by molar-refractivity contribution is 0.0994. The summed E-state index contributed by atoms with van der Waals surface area (Å²) >= 11 is 0. The lowest BCUT2D eigenvalue weighted by Gasteiger charge is -2.35. The molecule has 3 heterocycles. The van der Waals surface area contributed by atoms with Gasteiger partial charge in [-0.15, -0.1) is 0 Å². The van der Waals surface area contributed by atoms with Gasteiger partial charge in [-0.3, -0.25) is 9.89 Å². The van der Waals surface area contributed by atoms with Crippen LogP contribution in [0.5, 0.6) is 11.5 Å². The highest BCUT2D eigenvalue weighted by molar-refractivity contribution is 5.98. The molecule has 0 bridgehead atoms. The minimum atomic E-state index is -0.535. The quantitative estimate of drug-likeness (QED) is 0.491. The Labute approximate surface area is 179 Å². The molecule has 31 heavy (non-hydrogen) atoms. The topological polar surface area (TPSA) is 88.7 Å². The number of rotatable bonds is 5. The van der Waals surface area contributed by atoms with E-state index in [9.17, 15) is 4.79 Å². The first-order valence-electron chi connectivity index (χ1n) is 10.0. The number of hydrogen-bond acceptors (Lipinski definition) is 4. The molecule has 1 aliphatic rings. The van der Waals surface area contributed by atoms with Crippen LogP contribution >= 0.6 is 0 Å². The third-order valence-electron chi connectivity index (χ3n) is 5.42. The van der Waals surface area contributed by atoms with Crippen LogP contribution in [0.15, 0.2) is 60.8 Å². The fraction of sp³-hybridized carbons (Fsp3) is 0.167. The Balaban J connectivity index is 1.47. The van der Waals surface area contributed by atoms with Crippen LogP contribution in [-0.2, 0) is 0 Å². The van der Waals surface area contributed by atoms with Crippen LogP contribution in [0, 0.1) is 12.0 Å². The van der Waals surface area contributed by atoms with Gasteiger partial charge in [-0.05, 0) is 43.3 Å². The summed E-state index contributed by atoms with van der Waals surface area (Å²) in [6.45, 7) is 3.51. The maximum absolute atomic E-state index is 12.3. The largest absolute Gasteiger partial charge is 0.457 e. The Kier molecular flexibility index (Phi) is 4.60. The van der Waals surface area contributed by atoms with Crippen LogP contribution in [0.4, 0.5) is 0 Å². The first kappa shape index (κ1) is 18.8. The van der Waals surface area contributed by atoms with Gasteiger partial charge in [0.2, 0.25) is 0 Å². The smallest absolute Gasteiger partial charge is 0.269 e. The number of benzene rings is 2. The molecular formula is C24H21N5O2. The van der Waals surface area contributed by atoms with Crippen molar-refractivity contribution in [2.45, 2.75) is 12.8 Å². The zero-order valence-electron chi connectivity index (χ0n) is 17.0. The average Bonchev–Trinajstić information content (AvgIpc) is 3.31. The number of nitrogens with one attached hydrogen (secondary N) is 1. The number of ether oxygens (including phenoxy) is 1. The Bertz CT molecular complexity index is 1300. The summed E-state index contributed by atoms with van der Waals surface area (Å²) in [4.78, 5) is 19.1. The monoisotopic (exact) mass is 411 g/mol. The van der Waals surface area contributed by atoms with E-state index >= 15 is 0 Å². The molecule has 154 valence electrons. The molecule has 0 saturated carbocycles. The second-order valence-corrected chi connectivity index (χ2v) is 7.46. The van der Waals surface area contributed by atoms with Gasteiger partial charge < -0.3 is 15.4 Å². The fourth-order valence-electron chi connectivity index (χ4n) is 3.90. The van der Waals surface area contributed by atoms with Crippen molar-refractivity contribution in [3.05, 3.63) is 72.1 Å². The Morgan fingerprint density at radius 2 is 1.84 bits per heavy atom. The number of likely N-dealkylation sites (tertiary alicyclic amines) is 1. The number of nitrogens with two attached hydrogens (primary N) is 1. The third-order valence-corrected chi connectivity index (χ3v) is 5.42. The molecule has 0 spiro atoms. The molecule has 7 nitrogen and oxygen atoms in total. The van der Waals surface area contributed by atoms with E-state index in [1.807, 2.05) is 67.7 Å². The number of hydrogen-bond donors (Lipinski definition) is 2. The van der Waals surface area contributed by atoms with E-state index in [1.54, 1.807) is 4.52 Å². The Morgan fingerprint density at radius 3 is 2.52 bits per heavy atom. The summed E-state index contributed by atoms with van der Waals surface area (Å²) in [5.41, 5.74) is 9.19. The van der Waals surface area contributed by atoms with Crippen LogP contribution in [0.25, 0.3) is 16.9 Å². The van der Waals surface area contributed by atoms with Crippen molar-refractivity contribution in [3.8, 4) is 34.7 Å². The summed E-state index contributed by atoms with van der Waals surface area (Å²) in [6.07, 6.45) is 1.90. The minimum Gasteiger partial charge on any atom is -0.457 e. The average molecular weight is 411 g/mol. The number of aromatic nitrogens is 3. The molecule has 4 aromatic rings. The maximum atomic E-state index is 12.3. The minimum absolute atomic E-state index is 0.312. The van der Waals surface area contributed by atoms with Crippen molar-refractivity contribution in [1.82, 2.24) is 19.5 Å². The first-order valence-corrected chi connectivity index (χ1v) is 10.0. The van der Waals surface area contributed by atoms with Gasteiger partial charge in [-0.1, -0.05) is 24.1 Å². The van der Waals surface area contributed by atoms with E-state index in [-0.39, 0.29) is 0 Å². The van der Waals surface area contributed by atoms with Crippen molar-refractivity contribution in [2.24, 2.45) is 5.73 Å². The Morgan fingerprint density at radius 1 is 1.13 bits per heavy atom. The summed E-state index contributed by atoms with van der Waals surface area (Å²) < 4.78 is 7.53. The van der Waals surface area contributed by atoms with Crippen molar-refractivity contribution < 1.29 is 9.53 Å². The molecule has 0 atom stereocenters. The van der Waals surface area contributed by atoms with Crippen molar-refractivity contribution in [3.63, 3.8) is 0 Å². The van der Waals surface area contributed by atoms with Crippen molar-refractivity contribution in [2.75, 3.05) is 13.1 Å². The molecule has 0 radical (unpaired) electrons. The highest BCUT2D eigenvalue weighted by Crippen LogP contribution is 2.33. The second kappa shape index (κ2) is 7.58. The van der Waals surface area contributed by atoms with Gasteiger partial charge in [0.25, 0.3) is 5.91 Å². The van der Waals surface area contributed by atoms with Crippen LogP contribution in [-0.4, -0.2) is 38.5 Å². The van der Waals surface area contributed by atoms with E-state index in [0.717, 1.165) is 35.6 Å². The number of amides is 1. The standard InChI is InChI=1S/C24H21N5O2/c1-2-12-28-14-17(15-28)20-13-26-29-22(23(25)30)21(27-24(20)29)16-8-10-19(11-9-16)31-18-6-4-3-5-7-18/h3-11,13,17,26H,14-15H2,1H3,(H2,25,30). The molecule has 5 rings (SSSR count). The molecule has 1 saturated heterocycles. The van der Waals surface area contributed by atoms with E-state index in [4.69, 9.17) is 15.5 Å². The number of carbonyl (C=O) groups is 1. The van der Waals surface area contributed by atoms with Gasteiger partial charge in [0.1, 0.15) is 17.2 Å². The number of para-hydroxylation sites is 1. The fourth-order valence-corrected chi connectivity index (χ4v) is 3.90. The van der Waals surface area contributed by atoms with Crippen molar-refractivity contribution in [1.29, 1.82) is 0 Å². The Hall–Kier alpha value is -4.18. The van der Waals surface area contributed by atoms with E-state index in [1.165, 1.54) is 0 Å². The highest BCUT2D eigenvalue weighted by Gasteiger charge is 2.31. The number of aromatic amines is 1. The predicted molar refractivity (Wildman–Crippen MR) is 118 cm³/mol. The number of nitrogens with zero attached hydrogens (tertiary/aromatic N) is 3. The van der Waals surface area contributed by atoms with Crippen LogP contribution in [0.3, 0.4) is 0 Å². The SMILES string of the molecule is CC#CN1CC(c2c[nH]n3c(C(N)=O)c(-c4ccc(Oc5ccccc5)cc4)nc23)C1. The number of H-pyrrole nitrogens is 1. The number of carbonyl (C=O) groups excluding carboxylic acids is 1. The van der Waals surface area contributed by atoms with Gasteiger partial charge in [-0.2, -0.15) is 0 Å².